The number of benzene rings is 9. The van der Waals surface area contributed by atoms with Gasteiger partial charge in [0.2, 0.25) is 0 Å². The van der Waals surface area contributed by atoms with Crippen LogP contribution in [0.2, 0.25) is 0 Å². The lowest BCUT2D eigenvalue weighted by Crippen LogP contribution is -2.39. The lowest BCUT2D eigenvalue weighted by Gasteiger charge is -2.46. The zero-order valence-corrected chi connectivity index (χ0v) is 37.9. The van der Waals surface area contributed by atoms with Crippen LogP contribution in [-0.2, 0) is 17.4 Å². The van der Waals surface area contributed by atoms with Crippen molar-refractivity contribution in [3.05, 3.63) is 275 Å². The van der Waals surface area contributed by atoms with Gasteiger partial charge in [0.05, 0.1) is 6.54 Å². The van der Waals surface area contributed by atoms with Crippen molar-refractivity contribution in [3.8, 4) is 44.5 Å². The molecule has 0 heterocycles. The molecular formula is C63H56N2. The summed E-state index contributed by atoms with van der Waals surface area (Å²) >= 11 is 0. The molecule has 318 valence electrons. The van der Waals surface area contributed by atoms with E-state index in [2.05, 4.69) is 209 Å². The molecule has 1 aliphatic rings. The first kappa shape index (κ1) is 43.9. The van der Waals surface area contributed by atoms with Crippen LogP contribution in [0.3, 0.4) is 0 Å². The van der Waals surface area contributed by atoms with Crippen molar-refractivity contribution in [2.75, 3.05) is 0 Å². The lowest BCUT2D eigenvalue weighted by atomic mass is 9.56. The molecule has 9 aromatic rings. The highest BCUT2D eigenvalue weighted by Gasteiger charge is 2.45. The Kier molecular flexibility index (Phi) is 13.4. The number of nitrogens with one attached hydrogen (secondary N) is 1. The summed E-state index contributed by atoms with van der Waals surface area (Å²) in [6, 6.07) is 81.8. The SMILES string of the molecule is C=NCc1ccccc1.CC1(C)c2ccccc2C(C)(c2ccc(-c3cccc(-c4ccc(-c5ccccc5)cc4)c3)cc2-c2ccccc2C=N)c2ccccc21.Cc1ccccc1. The Bertz CT molecular complexity index is 2970. The zero-order chi connectivity index (χ0) is 45.2. The van der Waals surface area contributed by atoms with E-state index in [0.29, 0.717) is 0 Å². The summed E-state index contributed by atoms with van der Waals surface area (Å²) in [5.41, 5.74) is 18.9. The molecule has 0 atom stereocenters. The van der Waals surface area contributed by atoms with Crippen LogP contribution in [0.1, 0.15) is 65.3 Å². The maximum Gasteiger partial charge on any atom is 0.0632 e. The maximum atomic E-state index is 8.37. The van der Waals surface area contributed by atoms with Gasteiger partial charge in [-0.2, -0.15) is 0 Å². The van der Waals surface area contributed by atoms with Gasteiger partial charge in [0.25, 0.3) is 0 Å². The summed E-state index contributed by atoms with van der Waals surface area (Å²) in [5.74, 6) is 0. The Morgan fingerprint density at radius 2 is 0.846 bits per heavy atom. The average Bonchev–Trinajstić information content (AvgIpc) is 3.37. The summed E-state index contributed by atoms with van der Waals surface area (Å²) in [4.78, 5) is 3.76. The third kappa shape index (κ3) is 9.35. The van der Waals surface area contributed by atoms with Gasteiger partial charge in [-0.1, -0.05) is 238 Å². The molecule has 1 N–H and O–H groups in total. The molecule has 0 amide bonds. The summed E-state index contributed by atoms with van der Waals surface area (Å²) in [7, 11) is 0. The van der Waals surface area contributed by atoms with Crippen LogP contribution in [-0.4, -0.2) is 12.9 Å². The number of rotatable bonds is 8. The van der Waals surface area contributed by atoms with E-state index in [1.54, 1.807) is 0 Å². The molecule has 0 aliphatic heterocycles. The van der Waals surface area contributed by atoms with Gasteiger partial charge in [-0.15, -0.1) is 0 Å². The first-order chi connectivity index (χ1) is 31.7. The van der Waals surface area contributed by atoms with Gasteiger partial charge in [-0.3, -0.25) is 4.99 Å². The van der Waals surface area contributed by atoms with Gasteiger partial charge >= 0.3 is 0 Å². The molecule has 0 saturated heterocycles. The lowest BCUT2D eigenvalue weighted by molar-refractivity contribution is 0.542. The van der Waals surface area contributed by atoms with Gasteiger partial charge in [-0.05, 0) is 116 Å². The van der Waals surface area contributed by atoms with Crippen molar-refractivity contribution in [2.45, 2.75) is 45.1 Å². The van der Waals surface area contributed by atoms with Crippen LogP contribution in [0, 0.1) is 12.3 Å². The Morgan fingerprint density at radius 3 is 1.40 bits per heavy atom. The number of aryl methyl sites for hydroxylation is 1. The number of fused-ring (bicyclic) bond motifs is 2. The highest BCUT2D eigenvalue weighted by molar-refractivity contribution is 5.92. The molecule has 0 bridgehead atoms. The van der Waals surface area contributed by atoms with Crippen molar-refractivity contribution >= 4 is 12.9 Å². The largest absolute Gasteiger partial charge is 0.308 e. The monoisotopic (exact) mass is 840 g/mol. The van der Waals surface area contributed by atoms with Crippen molar-refractivity contribution < 1.29 is 0 Å². The molecule has 0 spiro atoms. The minimum atomic E-state index is -0.409. The standard InChI is InChI=1S/C48H39N.C8H9N.C7H8/c1-47(2)43-20-9-11-22-45(43)48(3,46-23-12-10-21-44(46)47)42-29-28-38(31-41(42)40-19-8-7-16-39(40)32-49)37-18-13-17-36(30-37)35-26-24-34(25-27-35)33-14-5-4-6-15-33;1-9-7-8-5-3-2-4-6-8;1-7-5-3-2-4-6-7/h4-32,49H,1-3H3;2-6H,1,7H2;2-6H,1H3. The first-order valence-electron chi connectivity index (χ1n) is 22.4. The van der Waals surface area contributed by atoms with E-state index in [1.807, 2.05) is 60.7 Å². The molecule has 10 rings (SSSR count). The van der Waals surface area contributed by atoms with Crippen LogP contribution >= 0.6 is 0 Å². The molecular weight excluding hydrogens is 785 g/mol. The van der Waals surface area contributed by atoms with Crippen molar-refractivity contribution in [1.29, 1.82) is 5.41 Å². The summed E-state index contributed by atoms with van der Waals surface area (Å²) in [6.45, 7) is 13.3. The molecule has 1 aliphatic carbocycles. The zero-order valence-electron chi connectivity index (χ0n) is 37.9. The fraction of sp³-hybridized carbons (Fsp3) is 0.111. The van der Waals surface area contributed by atoms with Gasteiger partial charge in [0, 0.05) is 17.0 Å². The van der Waals surface area contributed by atoms with Crippen molar-refractivity contribution in [2.24, 2.45) is 4.99 Å². The smallest absolute Gasteiger partial charge is 0.0632 e. The highest BCUT2D eigenvalue weighted by Crippen LogP contribution is 2.54. The second-order valence-corrected chi connectivity index (χ2v) is 17.4. The Labute approximate surface area is 386 Å². The van der Waals surface area contributed by atoms with Crippen LogP contribution in [0.15, 0.2) is 236 Å². The predicted octanol–water partition coefficient (Wildman–Crippen LogP) is 16.2. The molecule has 0 aromatic heterocycles. The van der Waals surface area contributed by atoms with E-state index < -0.39 is 5.41 Å². The first-order valence-corrected chi connectivity index (χ1v) is 22.4. The van der Waals surface area contributed by atoms with E-state index in [0.717, 1.165) is 28.8 Å². The molecule has 0 radical (unpaired) electrons. The predicted molar refractivity (Wildman–Crippen MR) is 278 cm³/mol. The third-order valence-corrected chi connectivity index (χ3v) is 12.8. The topological polar surface area (TPSA) is 36.2 Å². The highest BCUT2D eigenvalue weighted by atomic mass is 14.7. The van der Waals surface area contributed by atoms with Crippen LogP contribution in [0.25, 0.3) is 44.5 Å². The molecule has 2 heteroatoms. The minimum absolute atomic E-state index is 0.126. The number of nitrogens with zero attached hydrogens (tertiary/aromatic N) is 1. The van der Waals surface area contributed by atoms with Gasteiger partial charge in [0.15, 0.2) is 0 Å². The van der Waals surface area contributed by atoms with E-state index in [4.69, 9.17) is 5.41 Å². The van der Waals surface area contributed by atoms with Gasteiger partial charge in [0.1, 0.15) is 0 Å². The van der Waals surface area contributed by atoms with Crippen LogP contribution in [0.5, 0.6) is 0 Å². The fourth-order valence-corrected chi connectivity index (χ4v) is 9.37. The molecule has 0 fully saturated rings. The maximum absolute atomic E-state index is 8.37. The normalized spacial score (nSPS) is 12.7. The number of hydrogen-bond donors (Lipinski definition) is 1. The van der Waals surface area contributed by atoms with Gasteiger partial charge < -0.3 is 5.41 Å². The molecule has 0 saturated carbocycles. The van der Waals surface area contributed by atoms with E-state index in [1.165, 1.54) is 73.0 Å². The van der Waals surface area contributed by atoms with Crippen LogP contribution in [0.4, 0.5) is 0 Å². The molecule has 65 heavy (non-hydrogen) atoms. The van der Waals surface area contributed by atoms with E-state index >= 15 is 0 Å². The van der Waals surface area contributed by atoms with Crippen molar-refractivity contribution in [3.63, 3.8) is 0 Å². The van der Waals surface area contributed by atoms with E-state index in [-0.39, 0.29) is 5.41 Å². The van der Waals surface area contributed by atoms with Crippen molar-refractivity contribution in [1.82, 2.24) is 0 Å². The molecule has 0 unspecified atom stereocenters. The Morgan fingerprint density at radius 1 is 0.415 bits per heavy atom. The third-order valence-electron chi connectivity index (χ3n) is 12.8. The summed E-state index contributed by atoms with van der Waals surface area (Å²) in [5, 5.41) is 8.37. The number of hydrogen-bond acceptors (Lipinski definition) is 2. The summed E-state index contributed by atoms with van der Waals surface area (Å²) < 4.78 is 0. The summed E-state index contributed by atoms with van der Waals surface area (Å²) in [6.07, 6.45) is 1.49. The fourth-order valence-electron chi connectivity index (χ4n) is 9.37. The number of aliphatic imine (C=N–C) groups is 1. The minimum Gasteiger partial charge on any atom is -0.308 e. The quantitative estimate of drug-likeness (QED) is 0.148. The second-order valence-electron chi connectivity index (χ2n) is 17.4. The second kappa shape index (κ2) is 19.8. The Hall–Kier alpha value is -7.68. The van der Waals surface area contributed by atoms with Crippen LogP contribution < -0.4 is 0 Å². The Balaban J connectivity index is 0.000000303. The van der Waals surface area contributed by atoms with Gasteiger partial charge in [-0.25, -0.2) is 0 Å². The van der Waals surface area contributed by atoms with E-state index in [9.17, 15) is 0 Å². The molecule has 2 nitrogen and oxygen atoms in total. The average molecular weight is 841 g/mol. The molecule has 9 aromatic carbocycles.